The number of aromatic nitrogens is 2. The monoisotopic (exact) mass is 351 g/mol. The molecule has 3 aromatic rings. The van der Waals surface area contributed by atoms with Crippen molar-refractivity contribution >= 4 is 33.8 Å². The predicted molar refractivity (Wildman–Crippen MR) is 99.9 cm³/mol. The number of amides is 1. The minimum absolute atomic E-state index is 0.0740. The van der Waals surface area contributed by atoms with Crippen LogP contribution in [0.3, 0.4) is 0 Å². The third-order valence-corrected chi connectivity index (χ3v) is 5.31. The molecule has 0 fully saturated rings. The Balaban J connectivity index is 1.69. The third-order valence-electron chi connectivity index (χ3n) is 4.45. The van der Waals surface area contributed by atoms with E-state index in [9.17, 15) is 9.59 Å². The molecule has 25 heavy (non-hydrogen) atoms. The Morgan fingerprint density at radius 1 is 1.20 bits per heavy atom. The quantitative estimate of drug-likeness (QED) is 0.713. The predicted octanol–water partition coefficient (Wildman–Crippen LogP) is 3.15. The number of hydrogen-bond acceptors (Lipinski definition) is 4. The van der Waals surface area contributed by atoms with Crippen LogP contribution < -0.4 is 5.56 Å². The van der Waals surface area contributed by atoms with Crippen LogP contribution in [0.4, 0.5) is 0 Å². The minimum Gasteiger partial charge on any atom is -0.334 e. The molecule has 1 aliphatic rings. The number of nitrogens with zero attached hydrogens (tertiary/aromatic N) is 3. The Hall–Kier alpha value is -2.73. The van der Waals surface area contributed by atoms with Crippen LogP contribution in [0, 0.1) is 6.92 Å². The van der Waals surface area contributed by atoms with Gasteiger partial charge >= 0.3 is 0 Å². The Morgan fingerprint density at radius 3 is 2.76 bits per heavy atom. The van der Waals surface area contributed by atoms with Gasteiger partial charge in [0.2, 0.25) is 0 Å². The van der Waals surface area contributed by atoms with Crippen LogP contribution in [-0.4, -0.2) is 33.4 Å². The number of carbonyl (C=O) groups excluding carboxylic acids is 1. The second-order valence-electron chi connectivity index (χ2n) is 5.99. The fourth-order valence-corrected chi connectivity index (χ4v) is 3.94. The lowest BCUT2D eigenvalue weighted by atomic mass is 10.1. The second kappa shape index (κ2) is 6.29. The molecular weight excluding hydrogens is 334 g/mol. The first-order valence-electron chi connectivity index (χ1n) is 8.16. The van der Waals surface area contributed by atoms with E-state index in [0.29, 0.717) is 24.3 Å². The average molecular weight is 351 g/mol. The third kappa shape index (κ3) is 2.78. The molecule has 3 heterocycles. The summed E-state index contributed by atoms with van der Waals surface area (Å²) < 4.78 is 2.03. The highest BCUT2D eigenvalue weighted by Crippen LogP contribution is 2.23. The number of para-hydroxylation sites is 1. The summed E-state index contributed by atoms with van der Waals surface area (Å²) in [5, 5.41) is 2.53. The van der Waals surface area contributed by atoms with Gasteiger partial charge in [0.05, 0.1) is 15.8 Å². The molecule has 4 rings (SSSR count). The topological polar surface area (TPSA) is 55.2 Å². The van der Waals surface area contributed by atoms with Crippen LogP contribution in [0.15, 0.2) is 52.6 Å². The molecule has 2 aromatic heterocycles. The molecule has 0 spiro atoms. The van der Waals surface area contributed by atoms with Gasteiger partial charge in [0.25, 0.3) is 11.5 Å². The maximum absolute atomic E-state index is 12.5. The van der Waals surface area contributed by atoms with E-state index in [1.807, 2.05) is 52.1 Å². The number of benzene rings is 1. The first kappa shape index (κ1) is 15.8. The summed E-state index contributed by atoms with van der Waals surface area (Å²) in [6.07, 6.45) is 2.78. The van der Waals surface area contributed by atoms with Gasteiger partial charge in [-0.05, 0) is 36.6 Å². The van der Waals surface area contributed by atoms with E-state index in [0.717, 1.165) is 22.5 Å². The lowest BCUT2D eigenvalue weighted by Crippen LogP contribution is -2.35. The van der Waals surface area contributed by atoms with Gasteiger partial charge in [-0.15, -0.1) is 11.3 Å². The molecule has 0 atom stereocenters. The summed E-state index contributed by atoms with van der Waals surface area (Å²) in [4.78, 5) is 31.4. The van der Waals surface area contributed by atoms with Gasteiger partial charge in [-0.2, -0.15) is 4.98 Å². The fourth-order valence-electron chi connectivity index (χ4n) is 3.25. The Kier molecular flexibility index (Phi) is 3.97. The van der Waals surface area contributed by atoms with Crippen molar-refractivity contribution in [2.24, 2.45) is 0 Å². The molecule has 6 heteroatoms. The first-order valence-corrected chi connectivity index (χ1v) is 9.03. The molecule has 0 saturated heterocycles. The maximum atomic E-state index is 12.5. The van der Waals surface area contributed by atoms with Gasteiger partial charge in [-0.3, -0.25) is 9.59 Å². The summed E-state index contributed by atoms with van der Waals surface area (Å²) in [5.74, 6) is 0.748. The van der Waals surface area contributed by atoms with Crippen molar-refractivity contribution in [1.82, 2.24) is 14.5 Å². The first-order chi connectivity index (χ1) is 12.1. The Labute approximate surface area is 148 Å². The van der Waals surface area contributed by atoms with Crippen molar-refractivity contribution < 1.29 is 4.79 Å². The lowest BCUT2D eigenvalue weighted by molar-refractivity contribution is 0.0777. The molecule has 0 saturated carbocycles. The SMILES string of the molecule is Cc1nc(=O)c2ccccc2n1C1=CCN(C(=O)c2cccs2)CC1. The highest BCUT2D eigenvalue weighted by molar-refractivity contribution is 7.12. The van der Waals surface area contributed by atoms with Gasteiger partial charge in [0, 0.05) is 25.2 Å². The number of rotatable bonds is 2. The standard InChI is InChI=1S/C19H17N3O2S/c1-13-20-18(23)15-5-2-3-6-16(15)22(13)14-8-10-21(11-9-14)19(24)17-7-4-12-25-17/h2-8,12H,9-11H2,1H3. The van der Waals surface area contributed by atoms with E-state index in [4.69, 9.17) is 0 Å². The average Bonchev–Trinajstić information content (AvgIpc) is 3.16. The number of aryl methyl sites for hydroxylation is 1. The summed E-state index contributed by atoms with van der Waals surface area (Å²) in [7, 11) is 0. The molecule has 0 N–H and O–H groups in total. The number of thiophene rings is 1. The summed E-state index contributed by atoms with van der Waals surface area (Å²) in [5.41, 5.74) is 1.75. The van der Waals surface area contributed by atoms with Crippen molar-refractivity contribution in [3.8, 4) is 0 Å². The van der Waals surface area contributed by atoms with E-state index in [-0.39, 0.29) is 11.5 Å². The van der Waals surface area contributed by atoms with Crippen LogP contribution in [0.5, 0.6) is 0 Å². The Bertz CT molecular complexity index is 1030. The van der Waals surface area contributed by atoms with Crippen LogP contribution >= 0.6 is 11.3 Å². The zero-order valence-electron chi connectivity index (χ0n) is 13.8. The summed E-state index contributed by atoms with van der Waals surface area (Å²) >= 11 is 1.47. The molecular formula is C19H17N3O2S. The van der Waals surface area contributed by atoms with E-state index in [2.05, 4.69) is 11.1 Å². The molecule has 1 aromatic carbocycles. The number of fused-ring (bicyclic) bond motifs is 1. The van der Waals surface area contributed by atoms with Gasteiger partial charge in [0.15, 0.2) is 0 Å². The maximum Gasteiger partial charge on any atom is 0.280 e. The summed E-state index contributed by atoms with van der Waals surface area (Å²) in [6.45, 7) is 3.06. The van der Waals surface area contributed by atoms with Crippen molar-refractivity contribution in [2.75, 3.05) is 13.1 Å². The molecule has 0 unspecified atom stereocenters. The van der Waals surface area contributed by atoms with Crippen LogP contribution in [0.2, 0.25) is 0 Å². The van der Waals surface area contributed by atoms with Crippen molar-refractivity contribution in [3.05, 3.63) is 68.9 Å². The molecule has 1 amide bonds. The summed E-state index contributed by atoms with van der Waals surface area (Å²) in [6, 6.07) is 11.3. The zero-order valence-corrected chi connectivity index (χ0v) is 14.6. The fraction of sp³-hybridized carbons (Fsp3) is 0.211. The highest BCUT2D eigenvalue weighted by atomic mass is 32.1. The van der Waals surface area contributed by atoms with Crippen molar-refractivity contribution in [2.45, 2.75) is 13.3 Å². The molecule has 126 valence electrons. The van der Waals surface area contributed by atoms with Gasteiger partial charge in [0.1, 0.15) is 5.82 Å². The van der Waals surface area contributed by atoms with E-state index >= 15 is 0 Å². The largest absolute Gasteiger partial charge is 0.334 e. The van der Waals surface area contributed by atoms with Gasteiger partial charge in [-0.1, -0.05) is 18.2 Å². The normalized spacial score (nSPS) is 14.6. The van der Waals surface area contributed by atoms with Crippen LogP contribution in [-0.2, 0) is 0 Å². The van der Waals surface area contributed by atoms with E-state index in [1.54, 1.807) is 6.07 Å². The molecule has 1 aliphatic heterocycles. The lowest BCUT2D eigenvalue weighted by Gasteiger charge is -2.28. The number of hydrogen-bond donors (Lipinski definition) is 0. The smallest absolute Gasteiger partial charge is 0.280 e. The number of carbonyl (C=O) groups is 1. The highest BCUT2D eigenvalue weighted by Gasteiger charge is 2.21. The molecule has 0 aliphatic carbocycles. The second-order valence-corrected chi connectivity index (χ2v) is 6.94. The van der Waals surface area contributed by atoms with Crippen LogP contribution in [0.25, 0.3) is 16.6 Å². The molecule has 5 nitrogen and oxygen atoms in total. The molecule has 0 radical (unpaired) electrons. The Morgan fingerprint density at radius 2 is 2.04 bits per heavy atom. The van der Waals surface area contributed by atoms with E-state index < -0.39 is 0 Å². The molecule has 0 bridgehead atoms. The van der Waals surface area contributed by atoms with Gasteiger partial charge < -0.3 is 9.47 Å². The van der Waals surface area contributed by atoms with Gasteiger partial charge in [-0.25, -0.2) is 0 Å². The van der Waals surface area contributed by atoms with E-state index in [1.165, 1.54) is 11.3 Å². The van der Waals surface area contributed by atoms with Crippen molar-refractivity contribution in [1.29, 1.82) is 0 Å². The van der Waals surface area contributed by atoms with Crippen LogP contribution in [0.1, 0.15) is 21.9 Å². The minimum atomic E-state index is -0.199. The van der Waals surface area contributed by atoms with Crippen molar-refractivity contribution in [3.63, 3.8) is 0 Å². The zero-order chi connectivity index (χ0) is 17.4.